The van der Waals surface area contributed by atoms with Crippen molar-refractivity contribution >= 4 is 17.6 Å². The van der Waals surface area contributed by atoms with Gasteiger partial charge in [0.2, 0.25) is 0 Å². The van der Waals surface area contributed by atoms with Crippen molar-refractivity contribution in [3.8, 4) is 0 Å². The van der Waals surface area contributed by atoms with E-state index in [0.717, 1.165) is 0 Å². The fraction of sp³-hybridized carbons (Fsp3) is 0.125. The molecule has 21 heavy (non-hydrogen) atoms. The first-order chi connectivity index (χ1) is 10.1. The number of hydrogen-bond donors (Lipinski definition) is 2. The van der Waals surface area contributed by atoms with E-state index in [0.29, 0.717) is 17.7 Å². The summed E-state index contributed by atoms with van der Waals surface area (Å²) in [6.45, 7) is 0. The summed E-state index contributed by atoms with van der Waals surface area (Å²) in [6, 6.07) is 12.6. The van der Waals surface area contributed by atoms with Crippen LogP contribution in [0.15, 0.2) is 48.5 Å². The van der Waals surface area contributed by atoms with Gasteiger partial charge in [-0.2, -0.15) is 0 Å². The lowest BCUT2D eigenvalue weighted by Crippen LogP contribution is -2.15. The number of rotatable bonds is 5. The normalized spacial score (nSPS) is 10.1. The van der Waals surface area contributed by atoms with Crippen molar-refractivity contribution in [3.63, 3.8) is 0 Å². The van der Waals surface area contributed by atoms with Gasteiger partial charge in [-0.15, -0.1) is 0 Å². The van der Waals surface area contributed by atoms with Gasteiger partial charge in [0.1, 0.15) is 5.82 Å². The number of halogens is 1. The molecule has 0 fully saturated rings. The van der Waals surface area contributed by atoms with Crippen LogP contribution in [0.4, 0.5) is 10.1 Å². The third-order valence-corrected chi connectivity index (χ3v) is 2.99. The zero-order valence-corrected chi connectivity index (χ0v) is 11.2. The molecular formula is C16H14FNO3. The molecule has 0 unspecified atom stereocenters. The number of para-hydroxylation sites is 1. The molecule has 2 N–H and O–H groups in total. The summed E-state index contributed by atoms with van der Waals surface area (Å²) < 4.78 is 13.6. The van der Waals surface area contributed by atoms with Gasteiger partial charge in [0.25, 0.3) is 5.91 Å². The van der Waals surface area contributed by atoms with E-state index in [1.165, 1.54) is 18.2 Å². The Morgan fingerprint density at radius 2 is 1.71 bits per heavy atom. The molecule has 4 nitrogen and oxygen atoms in total. The van der Waals surface area contributed by atoms with E-state index in [1.54, 1.807) is 30.3 Å². The lowest BCUT2D eigenvalue weighted by atomic mass is 10.1. The average Bonchev–Trinajstić information content (AvgIpc) is 2.46. The first-order valence-electron chi connectivity index (χ1n) is 6.43. The van der Waals surface area contributed by atoms with Crippen LogP contribution < -0.4 is 5.32 Å². The van der Waals surface area contributed by atoms with E-state index in [1.807, 2.05) is 0 Å². The van der Waals surface area contributed by atoms with Crippen LogP contribution in [0.3, 0.4) is 0 Å². The van der Waals surface area contributed by atoms with Gasteiger partial charge in [0.15, 0.2) is 0 Å². The Morgan fingerprint density at radius 3 is 2.43 bits per heavy atom. The van der Waals surface area contributed by atoms with Gasteiger partial charge in [-0.3, -0.25) is 9.59 Å². The van der Waals surface area contributed by atoms with Crippen LogP contribution in [-0.2, 0) is 11.2 Å². The summed E-state index contributed by atoms with van der Waals surface area (Å²) >= 11 is 0. The molecular weight excluding hydrogens is 273 g/mol. The van der Waals surface area contributed by atoms with Gasteiger partial charge in [-0.1, -0.05) is 30.3 Å². The quantitative estimate of drug-likeness (QED) is 0.888. The molecule has 0 aliphatic carbocycles. The topological polar surface area (TPSA) is 66.4 Å². The van der Waals surface area contributed by atoms with Gasteiger partial charge in [-0.05, 0) is 30.2 Å². The monoisotopic (exact) mass is 287 g/mol. The predicted molar refractivity (Wildman–Crippen MR) is 76.8 cm³/mol. The van der Waals surface area contributed by atoms with Crippen molar-refractivity contribution in [2.75, 3.05) is 5.32 Å². The van der Waals surface area contributed by atoms with E-state index >= 15 is 0 Å². The SMILES string of the molecule is O=C(O)CCc1ccccc1NC(=O)c1ccccc1F. The van der Waals surface area contributed by atoms with Gasteiger partial charge < -0.3 is 10.4 Å². The molecule has 0 heterocycles. The van der Waals surface area contributed by atoms with Crippen molar-refractivity contribution in [3.05, 3.63) is 65.5 Å². The molecule has 2 aromatic carbocycles. The zero-order valence-electron chi connectivity index (χ0n) is 11.2. The fourth-order valence-corrected chi connectivity index (χ4v) is 1.94. The van der Waals surface area contributed by atoms with Gasteiger partial charge >= 0.3 is 5.97 Å². The maximum atomic E-state index is 13.6. The molecule has 1 amide bonds. The van der Waals surface area contributed by atoms with Gasteiger partial charge in [0.05, 0.1) is 5.56 Å². The van der Waals surface area contributed by atoms with E-state index < -0.39 is 17.7 Å². The molecule has 0 saturated carbocycles. The van der Waals surface area contributed by atoms with Crippen LogP contribution >= 0.6 is 0 Å². The molecule has 0 radical (unpaired) electrons. The average molecular weight is 287 g/mol. The number of carboxylic acids is 1. The van der Waals surface area contributed by atoms with Crippen molar-refractivity contribution < 1.29 is 19.1 Å². The van der Waals surface area contributed by atoms with Crippen LogP contribution in [0.2, 0.25) is 0 Å². The first kappa shape index (κ1) is 14.7. The van der Waals surface area contributed by atoms with Gasteiger partial charge in [0, 0.05) is 12.1 Å². The molecule has 0 atom stereocenters. The van der Waals surface area contributed by atoms with Crippen LogP contribution in [-0.4, -0.2) is 17.0 Å². The number of amides is 1. The number of carbonyl (C=O) groups excluding carboxylic acids is 1. The van der Waals surface area contributed by atoms with E-state index in [4.69, 9.17) is 5.11 Å². The molecule has 2 rings (SSSR count). The van der Waals surface area contributed by atoms with Crippen molar-refractivity contribution in [1.82, 2.24) is 0 Å². The highest BCUT2D eigenvalue weighted by Gasteiger charge is 2.13. The molecule has 0 bridgehead atoms. The van der Waals surface area contributed by atoms with E-state index in [2.05, 4.69) is 5.32 Å². The smallest absolute Gasteiger partial charge is 0.303 e. The van der Waals surface area contributed by atoms with Crippen LogP contribution in [0.25, 0.3) is 0 Å². The number of benzene rings is 2. The molecule has 0 spiro atoms. The lowest BCUT2D eigenvalue weighted by Gasteiger charge is -2.10. The number of hydrogen-bond acceptors (Lipinski definition) is 2. The minimum absolute atomic E-state index is 0.0351. The predicted octanol–water partition coefficient (Wildman–Crippen LogP) is 3.10. The summed E-state index contributed by atoms with van der Waals surface area (Å²) in [7, 11) is 0. The van der Waals surface area contributed by atoms with Crippen molar-refractivity contribution in [1.29, 1.82) is 0 Å². The molecule has 0 saturated heterocycles. The Hall–Kier alpha value is -2.69. The zero-order chi connectivity index (χ0) is 15.2. The van der Waals surface area contributed by atoms with Crippen molar-refractivity contribution in [2.45, 2.75) is 12.8 Å². The largest absolute Gasteiger partial charge is 0.481 e. The third-order valence-electron chi connectivity index (χ3n) is 2.99. The van der Waals surface area contributed by atoms with Crippen LogP contribution in [0.1, 0.15) is 22.3 Å². The number of anilines is 1. The second-order valence-corrected chi connectivity index (χ2v) is 4.48. The minimum Gasteiger partial charge on any atom is -0.481 e. The van der Waals surface area contributed by atoms with E-state index in [9.17, 15) is 14.0 Å². The number of carboxylic acid groups (broad SMARTS) is 1. The van der Waals surface area contributed by atoms with Crippen LogP contribution in [0.5, 0.6) is 0 Å². The molecule has 2 aromatic rings. The number of aliphatic carboxylic acids is 1. The standard InChI is InChI=1S/C16H14FNO3/c17-13-7-3-2-6-12(13)16(21)18-14-8-4-1-5-11(14)9-10-15(19)20/h1-8H,9-10H2,(H,18,21)(H,19,20). The Labute approximate surface area is 121 Å². The third kappa shape index (κ3) is 3.89. The second kappa shape index (κ2) is 6.65. The summed E-state index contributed by atoms with van der Waals surface area (Å²) in [5.41, 5.74) is 1.14. The summed E-state index contributed by atoms with van der Waals surface area (Å²) in [4.78, 5) is 22.7. The summed E-state index contributed by atoms with van der Waals surface area (Å²) in [6.07, 6.45) is 0.260. The molecule has 0 aliphatic rings. The molecule has 0 aliphatic heterocycles. The van der Waals surface area contributed by atoms with E-state index in [-0.39, 0.29) is 12.0 Å². The summed E-state index contributed by atoms with van der Waals surface area (Å²) in [5.74, 6) is -2.07. The highest BCUT2D eigenvalue weighted by atomic mass is 19.1. The number of carbonyl (C=O) groups is 2. The Bertz CT molecular complexity index is 670. The highest BCUT2D eigenvalue weighted by Crippen LogP contribution is 2.18. The number of aryl methyl sites for hydroxylation is 1. The highest BCUT2D eigenvalue weighted by molar-refractivity contribution is 6.04. The Balaban J connectivity index is 2.18. The van der Waals surface area contributed by atoms with Crippen molar-refractivity contribution in [2.24, 2.45) is 0 Å². The molecule has 108 valence electrons. The summed E-state index contributed by atoms with van der Waals surface area (Å²) in [5, 5.41) is 11.3. The van der Waals surface area contributed by atoms with Gasteiger partial charge in [-0.25, -0.2) is 4.39 Å². The Morgan fingerprint density at radius 1 is 1.05 bits per heavy atom. The number of nitrogens with one attached hydrogen (secondary N) is 1. The van der Waals surface area contributed by atoms with Crippen LogP contribution in [0, 0.1) is 5.82 Å². The fourth-order valence-electron chi connectivity index (χ4n) is 1.94. The minimum atomic E-state index is -0.912. The first-order valence-corrected chi connectivity index (χ1v) is 6.43. The molecule has 5 heteroatoms. The molecule has 0 aromatic heterocycles. The lowest BCUT2D eigenvalue weighted by molar-refractivity contribution is -0.136. The Kier molecular flexibility index (Phi) is 4.66. The maximum absolute atomic E-state index is 13.6. The maximum Gasteiger partial charge on any atom is 0.303 e. The second-order valence-electron chi connectivity index (χ2n) is 4.48.